The molecule has 2 saturated heterocycles. The Labute approximate surface area is 208 Å². The Balaban J connectivity index is 1.54. The Hall–Kier alpha value is -3.47. The molecule has 3 aromatic carbocycles. The van der Waals surface area contributed by atoms with Crippen molar-refractivity contribution in [1.29, 1.82) is 0 Å². The minimum absolute atomic E-state index is 0.212. The molecule has 0 unspecified atom stereocenters. The van der Waals surface area contributed by atoms with Crippen LogP contribution in [0.15, 0.2) is 91.0 Å². The zero-order valence-corrected chi connectivity index (χ0v) is 19.9. The predicted molar refractivity (Wildman–Crippen MR) is 129 cm³/mol. The maximum absolute atomic E-state index is 7.08. The van der Waals surface area contributed by atoms with E-state index in [0.29, 0.717) is 0 Å². The molecule has 2 fully saturated rings. The van der Waals surface area contributed by atoms with Gasteiger partial charge >= 0.3 is 0 Å². The van der Waals surface area contributed by atoms with Gasteiger partial charge in [-0.1, -0.05) is 96.2 Å². The minimum Gasteiger partial charge on any atom is -0.339 e. The smallest absolute Gasteiger partial charge is 0.202 e. The van der Waals surface area contributed by atoms with Gasteiger partial charge in [-0.25, -0.2) is 0 Å². The lowest BCUT2D eigenvalue weighted by molar-refractivity contribution is -0.276. The Morgan fingerprint density at radius 2 is 1.36 bits per heavy atom. The van der Waals surface area contributed by atoms with Crippen LogP contribution in [0.3, 0.4) is 0 Å². The summed E-state index contributed by atoms with van der Waals surface area (Å²) < 4.78 is 25.7. The SMILES string of the molecule is CC1(C)O[C@H]2O[C@H](OC(c3ccccc3)(c3ccccc3)c3ccccc3)[C@](N)(c3nn[nH]n3)[C@H]2O1. The van der Waals surface area contributed by atoms with Crippen molar-refractivity contribution in [3.8, 4) is 0 Å². The Morgan fingerprint density at radius 3 is 1.83 bits per heavy atom. The van der Waals surface area contributed by atoms with Crippen LogP contribution >= 0.6 is 0 Å². The largest absolute Gasteiger partial charge is 0.339 e. The summed E-state index contributed by atoms with van der Waals surface area (Å²) in [5, 5.41) is 14.7. The molecule has 6 rings (SSSR count). The van der Waals surface area contributed by atoms with Gasteiger partial charge in [0.15, 0.2) is 23.9 Å². The number of nitrogens with one attached hydrogen (secondary N) is 1. The lowest BCUT2D eigenvalue weighted by atomic mass is 9.79. The van der Waals surface area contributed by atoms with Crippen LogP contribution in [-0.4, -0.2) is 45.1 Å². The molecule has 4 aromatic rings. The minimum atomic E-state index is -1.42. The summed E-state index contributed by atoms with van der Waals surface area (Å²) in [5.41, 5.74) is 7.28. The zero-order valence-electron chi connectivity index (χ0n) is 19.9. The van der Waals surface area contributed by atoms with Crippen LogP contribution in [0.4, 0.5) is 0 Å². The molecule has 4 atom stereocenters. The van der Waals surface area contributed by atoms with Gasteiger partial charge in [-0.3, -0.25) is 0 Å². The fraction of sp³-hybridized carbons (Fsp3) is 0.296. The molecule has 9 nitrogen and oxygen atoms in total. The second-order valence-electron chi connectivity index (χ2n) is 9.46. The van der Waals surface area contributed by atoms with E-state index >= 15 is 0 Å². The van der Waals surface area contributed by atoms with E-state index < -0.39 is 35.6 Å². The van der Waals surface area contributed by atoms with Gasteiger partial charge in [-0.15, -0.1) is 10.2 Å². The molecule has 0 bridgehead atoms. The van der Waals surface area contributed by atoms with Gasteiger partial charge < -0.3 is 24.7 Å². The van der Waals surface area contributed by atoms with E-state index in [1.807, 2.05) is 105 Å². The van der Waals surface area contributed by atoms with Crippen molar-refractivity contribution in [2.24, 2.45) is 5.73 Å². The molecule has 3 heterocycles. The molecular formula is C27H27N5O4. The van der Waals surface area contributed by atoms with Crippen molar-refractivity contribution in [2.45, 2.75) is 49.5 Å². The van der Waals surface area contributed by atoms with E-state index in [1.165, 1.54) is 0 Å². The summed E-state index contributed by atoms with van der Waals surface area (Å²) in [4.78, 5) is 0. The molecule has 1 aromatic heterocycles. The van der Waals surface area contributed by atoms with Gasteiger partial charge in [0.05, 0.1) is 0 Å². The number of aromatic amines is 1. The second-order valence-corrected chi connectivity index (χ2v) is 9.46. The monoisotopic (exact) mass is 485 g/mol. The highest BCUT2D eigenvalue weighted by Crippen LogP contribution is 2.50. The molecule has 9 heteroatoms. The van der Waals surface area contributed by atoms with E-state index in [4.69, 9.17) is 24.7 Å². The quantitative estimate of drug-likeness (QED) is 0.400. The molecule has 0 radical (unpaired) electrons. The average molecular weight is 486 g/mol. The molecular weight excluding hydrogens is 458 g/mol. The summed E-state index contributed by atoms with van der Waals surface area (Å²) in [6.45, 7) is 3.62. The van der Waals surface area contributed by atoms with Crippen LogP contribution in [-0.2, 0) is 30.1 Å². The third-order valence-electron chi connectivity index (χ3n) is 6.73. The maximum Gasteiger partial charge on any atom is 0.202 e. The highest BCUT2D eigenvalue weighted by molar-refractivity contribution is 5.47. The number of benzene rings is 3. The molecule has 0 amide bonds. The van der Waals surface area contributed by atoms with Crippen molar-refractivity contribution in [3.05, 3.63) is 114 Å². The Morgan fingerprint density at radius 1 is 0.833 bits per heavy atom. The van der Waals surface area contributed by atoms with Gasteiger partial charge in [0.25, 0.3) is 0 Å². The standard InChI is InChI=1S/C27H27N5O4/c1-25(2)34-21-22(35-25)33-24(26(21,28)23-29-31-32-30-23)36-27(18-12-6-3-7-13-18,19-14-8-4-9-15-19)20-16-10-5-11-17-20/h3-17,21-22,24H,28H2,1-2H3,(H,29,30,31,32)/t21-,22+,24+,26+/m0/s1. The first-order valence-electron chi connectivity index (χ1n) is 11.8. The molecule has 184 valence electrons. The van der Waals surface area contributed by atoms with Crippen molar-refractivity contribution in [1.82, 2.24) is 20.6 Å². The van der Waals surface area contributed by atoms with Crippen molar-refractivity contribution in [2.75, 3.05) is 0 Å². The zero-order chi connectivity index (χ0) is 24.8. The number of nitrogens with zero attached hydrogens (tertiary/aromatic N) is 3. The highest BCUT2D eigenvalue weighted by Gasteiger charge is 2.67. The molecule has 0 spiro atoms. The number of ether oxygens (including phenoxy) is 4. The van der Waals surface area contributed by atoms with Gasteiger partial charge in [0.2, 0.25) is 5.82 Å². The van der Waals surface area contributed by atoms with Crippen molar-refractivity contribution in [3.63, 3.8) is 0 Å². The normalized spacial score (nSPS) is 27.1. The Kier molecular flexibility index (Phi) is 5.47. The number of rotatable bonds is 6. The second kappa shape index (κ2) is 8.58. The summed E-state index contributed by atoms with van der Waals surface area (Å²) in [6, 6.07) is 29.9. The third kappa shape index (κ3) is 3.56. The average Bonchev–Trinajstić information content (AvgIpc) is 3.61. The van der Waals surface area contributed by atoms with Gasteiger partial charge in [-0.2, -0.15) is 5.21 Å². The molecule has 2 aliphatic rings. The van der Waals surface area contributed by atoms with Crippen molar-refractivity contribution >= 4 is 0 Å². The first-order chi connectivity index (χ1) is 17.4. The van der Waals surface area contributed by atoms with Crippen LogP contribution in [0.5, 0.6) is 0 Å². The lowest BCUT2D eigenvalue weighted by Gasteiger charge is -2.41. The molecule has 2 aliphatic heterocycles. The first kappa shape index (κ1) is 23.0. The summed E-state index contributed by atoms with van der Waals surface area (Å²) >= 11 is 0. The van der Waals surface area contributed by atoms with E-state index in [9.17, 15) is 0 Å². The van der Waals surface area contributed by atoms with Crippen LogP contribution in [0.1, 0.15) is 36.4 Å². The summed E-state index contributed by atoms with van der Waals surface area (Å²) in [5.74, 6) is -0.686. The highest BCUT2D eigenvalue weighted by atomic mass is 16.9. The molecule has 36 heavy (non-hydrogen) atoms. The maximum atomic E-state index is 7.08. The Bertz CT molecular complexity index is 1210. The van der Waals surface area contributed by atoms with Gasteiger partial charge in [-0.05, 0) is 30.5 Å². The van der Waals surface area contributed by atoms with Crippen LogP contribution in [0, 0.1) is 0 Å². The van der Waals surface area contributed by atoms with E-state index in [1.54, 1.807) is 0 Å². The molecule has 0 saturated carbocycles. The van der Waals surface area contributed by atoms with Gasteiger partial charge in [0, 0.05) is 0 Å². The summed E-state index contributed by atoms with van der Waals surface area (Å²) in [6.07, 6.45) is -2.56. The first-order valence-corrected chi connectivity index (χ1v) is 11.8. The van der Waals surface area contributed by atoms with Crippen LogP contribution < -0.4 is 5.73 Å². The van der Waals surface area contributed by atoms with Crippen LogP contribution in [0.2, 0.25) is 0 Å². The molecule has 3 N–H and O–H groups in total. The number of hydrogen-bond acceptors (Lipinski definition) is 8. The number of hydrogen-bond donors (Lipinski definition) is 2. The predicted octanol–water partition coefficient (Wildman–Crippen LogP) is 3.20. The van der Waals surface area contributed by atoms with Crippen molar-refractivity contribution < 1.29 is 18.9 Å². The van der Waals surface area contributed by atoms with Crippen LogP contribution in [0.25, 0.3) is 0 Å². The topological polar surface area (TPSA) is 117 Å². The lowest BCUT2D eigenvalue weighted by Crippen LogP contribution is -2.57. The number of aromatic nitrogens is 4. The molecule has 0 aliphatic carbocycles. The number of nitrogens with two attached hydrogens (primary N) is 1. The number of H-pyrrole nitrogens is 1. The third-order valence-corrected chi connectivity index (χ3v) is 6.73. The fourth-order valence-corrected chi connectivity index (χ4v) is 5.11. The van der Waals surface area contributed by atoms with Gasteiger partial charge in [0.1, 0.15) is 11.7 Å². The number of tetrazole rings is 1. The van der Waals surface area contributed by atoms with E-state index in [-0.39, 0.29) is 5.82 Å². The fourth-order valence-electron chi connectivity index (χ4n) is 5.11. The van der Waals surface area contributed by atoms with E-state index in [2.05, 4.69) is 20.6 Å². The number of fused-ring (bicyclic) bond motifs is 1. The summed E-state index contributed by atoms with van der Waals surface area (Å²) in [7, 11) is 0. The van der Waals surface area contributed by atoms with E-state index in [0.717, 1.165) is 16.7 Å².